The molecule has 106 valence electrons. The molecule has 2 fully saturated rings. The number of carbonyl (C=O) groups excluding carboxylic acids is 3. The number of hydrogen-bond acceptors (Lipinski definition) is 3. The zero-order valence-electron chi connectivity index (χ0n) is 11.9. The van der Waals surface area contributed by atoms with Crippen LogP contribution in [-0.4, -0.2) is 47.7 Å². The van der Waals surface area contributed by atoms with Gasteiger partial charge in [-0.3, -0.25) is 19.3 Å². The van der Waals surface area contributed by atoms with E-state index in [0.29, 0.717) is 0 Å². The summed E-state index contributed by atoms with van der Waals surface area (Å²) >= 11 is 0. The maximum atomic E-state index is 12.3. The van der Waals surface area contributed by atoms with Crippen LogP contribution in [0.25, 0.3) is 0 Å². The van der Waals surface area contributed by atoms with Crippen LogP contribution in [0, 0.1) is 17.8 Å². The molecule has 3 rings (SSSR count). The Morgan fingerprint density at radius 2 is 1.75 bits per heavy atom. The summed E-state index contributed by atoms with van der Waals surface area (Å²) in [7, 11) is 3.24. The first-order valence-corrected chi connectivity index (χ1v) is 6.96. The van der Waals surface area contributed by atoms with Crippen molar-refractivity contribution >= 4 is 17.7 Å². The van der Waals surface area contributed by atoms with E-state index in [9.17, 15) is 14.4 Å². The Morgan fingerprint density at radius 3 is 2.40 bits per heavy atom. The van der Waals surface area contributed by atoms with Gasteiger partial charge < -0.3 is 4.90 Å². The normalized spacial score (nSPS) is 38.0. The van der Waals surface area contributed by atoms with E-state index in [1.165, 1.54) is 11.9 Å². The number of likely N-dealkylation sites (tertiary alicyclic amines) is 2. The molecule has 3 amide bonds. The Morgan fingerprint density at radius 1 is 1.10 bits per heavy atom. The van der Waals surface area contributed by atoms with Crippen LogP contribution in [0.15, 0.2) is 23.8 Å². The van der Waals surface area contributed by atoms with Gasteiger partial charge in [0.25, 0.3) is 0 Å². The predicted molar refractivity (Wildman–Crippen MR) is 72.3 cm³/mol. The minimum absolute atomic E-state index is 0.0260. The van der Waals surface area contributed by atoms with E-state index in [4.69, 9.17) is 0 Å². The summed E-state index contributed by atoms with van der Waals surface area (Å²) in [5, 5.41) is 0. The number of rotatable bonds is 1. The van der Waals surface area contributed by atoms with Crippen LogP contribution in [0.1, 0.15) is 13.3 Å². The first kappa shape index (κ1) is 13.1. The fourth-order valence-corrected chi connectivity index (χ4v) is 3.69. The summed E-state index contributed by atoms with van der Waals surface area (Å²) < 4.78 is 0. The van der Waals surface area contributed by atoms with Crippen molar-refractivity contribution in [2.45, 2.75) is 19.4 Å². The molecule has 5 heteroatoms. The first-order chi connectivity index (χ1) is 9.49. The summed E-state index contributed by atoms with van der Waals surface area (Å²) in [5.41, 5.74) is 0.754. The van der Waals surface area contributed by atoms with E-state index in [1.54, 1.807) is 11.9 Å². The highest BCUT2D eigenvalue weighted by atomic mass is 16.2. The molecule has 2 heterocycles. The van der Waals surface area contributed by atoms with E-state index in [2.05, 4.69) is 0 Å². The van der Waals surface area contributed by atoms with Crippen molar-refractivity contribution in [3.8, 4) is 0 Å². The van der Waals surface area contributed by atoms with Crippen molar-refractivity contribution in [2.24, 2.45) is 17.8 Å². The van der Waals surface area contributed by atoms with Gasteiger partial charge in [-0.1, -0.05) is 25.2 Å². The maximum Gasteiger partial charge on any atom is 0.250 e. The van der Waals surface area contributed by atoms with Crippen LogP contribution in [0.2, 0.25) is 0 Å². The number of nitrogens with zero attached hydrogens (tertiary/aromatic N) is 2. The monoisotopic (exact) mass is 274 g/mol. The molecular weight excluding hydrogens is 256 g/mol. The second kappa shape index (κ2) is 4.30. The van der Waals surface area contributed by atoms with Gasteiger partial charge in [0.1, 0.15) is 0 Å². The molecule has 4 atom stereocenters. The molecule has 0 aromatic rings. The molecule has 5 nitrogen and oxygen atoms in total. The van der Waals surface area contributed by atoms with Gasteiger partial charge >= 0.3 is 0 Å². The fraction of sp³-hybridized carbons (Fsp3) is 0.533. The number of amides is 3. The number of hydrogen-bond donors (Lipinski definition) is 0. The van der Waals surface area contributed by atoms with Gasteiger partial charge in [-0.2, -0.15) is 0 Å². The number of allylic oxidation sites excluding steroid dienone is 1. The highest BCUT2D eigenvalue weighted by molar-refractivity contribution is 6.08. The van der Waals surface area contributed by atoms with Crippen molar-refractivity contribution in [3.63, 3.8) is 0 Å². The maximum absolute atomic E-state index is 12.3. The number of imide groups is 1. The third kappa shape index (κ3) is 1.46. The molecule has 2 saturated heterocycles. The number of fused-ring (bicyclic) bond motifs is 3. The Bertz CT molecular complexity index is 563. The van der Waals surface area contributed by atoms with Crippen molar-refractivity contribution < 1.29 is 14.4 Å². The van der Waals surface area contributed by atoms with Gasteiger partial charge in [0.15, 0.2) is 0 Å². The minimum Gasteiger partial charge on any atom is -0.337 e. The lowest BCUT2D eigenvalue weighted by molar-refractivity contribution is -0.138. The number of likely N-dealkylation sites (N-methyl/N-ethyl adjacent to an activating group) is 1. The van der Waals surface area contributed by atoms with Crippen molar-refractivity contribution in [1.82, 2.24) is 9.80 Å². The van der Waals surface area contributed by atoms with E-state index in [1.807, 2.05) is 25.2 Å². The van der Waals surface area contributed by atoms with Gasteiger partial charge in [-0.25, -0.2) is 0 Å². The molecule has 0 radical (unpaired) electrons. The Kier molecular flexibility index (Phi) is 2.81. The van der Waals surface area contributed by atoms with Gasteiger partial charge in [0.05, 0.1) is 17.9 Å². The molecule has 0 N–H and O–H groups in total. The van der Waals surface area contributed by atoms with Crippen molar-refractivity contribution in [2.75, 3.05) is 14.1 Å². The van der Waals surface area contributed by atoms with E-state index < -0.39 is 11.8 Å². The van der Waals surface area contributed by atoms with Gasteiger partial charge in [0, 0.05) is 25.6 Å². The summed E-state index contributed by atoms with van der Waals surface area (Å²) in [6, 6.07) is -0.225. The third-order valence-electron chi connectivity index (χ3n) is 4.68. The quantitative estimate of drug-likeness (QED) is 0.399. The molecule has 0 bridgehead atoms. The summed E-state index contributed by atoms with van der Waals surface area (Å²) in [6.45, 7) is 1.99. The van der Waals surface area contributed by atoms with E-state index in [-0.39, 0.29) is 29.7 Å². The smallest absolute Gasteiger partial charge is 0.250 e. The standard InChI is InChI=1S/C15H18N2O3/c1-4-5-9-8-6-7-10-11(12(8)16(2)13(9)18)15(20)17(3)14(10)19/h5-8,10-12H,4H2,1-3H3/b9-5-/t8-,10-,11-,12+/m0/s1. The SMILES string of the molecule is CC/C=C1\C(=O)N(C)[C@H]2[C@H]3C(=O)N(C)C(=O)[C@H]3C=C[C@@H]12. The largest absolute Gasteiger partial charge is 0.337 e. The van der Waals surface area contributed by atoms with Gasteiger partial charge in [-0.05, 0) is 6.42 Å². The molecule has 0 aromatic carbocycles. The molecule has 0 aromatic heterocycles. The van der Waals surface area contributed by atoms with E-state index >= 15 is 0 Å². The lowest BCUT2D eigenvalue weighted by Gasteiger charge is -2.32. The lowest BCUT2D eigenvalue weighted by Crippen LogP contribution is -2.44. The second-order valence-electron chi connectivity index (χ2n) is 5.67. The average Bonchev–Trinajstić information content (AvgIpc) is 2.81. The summed E-state index contributed by atoms with van der Waals surface area (Å²) in [6.07, 6.45) is 6.45. The first-order valence-electron chi connectivity index (χ1n) is 6.96. The Labute approximate surface area is 117 Å². The van der Waals surface area contributed by atoms with Crippen LogP contribution in [0.4, 0.5) is 0 Å². The topological polar surface area (TPSA) is 57.7 Å². The average molecular weight is 274 g/mol. The number of carbonyl (C=O) groups is 3. The minimum atomic E-state index is -0.431. The zero-order valence-corrected chi connectivity index (χ0v) is 11.9. The molecule has 0 saturated carbocycles. The van der Waals surface area contributed by atoms with Gasteiger partial charge in [-0.15, -0.1) is 0 Å². The highest BCUT2D eigenvalue weighted by Crippen LogP contribution is 2.45. The molecule has 0 spiro atoms. The molecular formula is C15H18N2O3. The molecule has 2 aliphatic heterocycles. The predicted octanol–water partition coefficient (Wildman–Crippen LogP) is 0.580. The van der Waals surface area contributed by atoms with Crippen LogP contribution < -0.4 is 0 Å². The molecule has 3 aliphatic rings. The second-order valence-corrected chi connectivity index (χ2v) is 5.67. The molecule has 0 unspecified atom stereocenters. The lowest BCUT2D eigenvalue weighted by atomic mass is 9.75. The Balaban J connectivity index is 2.07. The van der Waals surface area contributed by atoms with Crippen molar-refractivity contribution in [1.29, 1.82) is 0 Å². The van der Waals surface area contributed by atoms with Crippen LogP contribution in [0.3, 0.4) is 0 Å². The van der Waals surface area contributed by atoms with E-state index in [0.717, 1.165) is 12.0 Å². The van der Waals surface area contributed by atoms with Crippen LogP contribution in [-0.2, 0) is 14.4 Å². The third-order valence-corrected chi connectivity index (χ3v) is 4.68. The molecule has 1 aliphatic carbocycles. The van der Waals surface area contributed by atoms with Crippen molar-refractivity contribution in [3.05, 3.63) is 23.8 Å². The van der Waals surface area contributed by atoms with Crippen LogP contribution >= 0.6 is 0 Å². The highest BCUT2D eigenvalue weighted by Gasteiger charge is 2.57. The summed E-state index contributed by atoms with van der Waals surface area (Å²) in [4.78, 5) is 39.6. The van der Waals surface area contributed by atoms with Crippen LogP contribution in [0.5, 0.6) is 0 Å². The van der Waals surface area contributed by atoms with Gasteiger partial charge in [0.2, 0.25) is 17.7 Å². The summed E-state index contributed by atoms with van der Waals surface area (Å²) in [5.74, 6) is -1.27. The fourth-order valence-electron chi connectivity index (χ4n) is 3.69. The Hall–Kier alpha value is -1.91. The molecule has 20 heavy (non-hydrogen) atoms. The zero-order chi connectivity index (χ0) is 14.6.